The number of aryl methyl sites for hydroxylation is 1. The fourth-order valence-electron chi connectivity index (χ4n) is 4.31. The van der Waals surface area contributed by atoms with E-state index in [2.05, 4.69) is 35.4 Å². The molecule has 1 aliphatic heterocycles. The predicted octanol–water partition coefficient (Wildman–Crippen LogP) is 5.45. The van der Waals surface area contributed by atoms with Crippen molar-refractivity contribution in [1.29, 1.82) is 0 Å². The molecular weight excluding hydrogens is 468 g/mol. The van der Waals surface area contributed by atoms with Crippen molar-refractivity contribution in [3.05, 3.63) is 53.4 Å². The molecule has 11 heteroatoms. The van der Waals surface area contributed by atoms with Crippen molar-refractivity contribution in [2.75, 3.05) is 30.4 Å². The van der Waals surface area contributed by atoms with Gasteiger partial charge in [0.1, 0.15) is 11.6 Å². The van der Waals surface area contributed by atoms with E-state index in [1.54, 1.807) is 20.1 Å². The summed E-state index contributed by atoms with van der Waals surface area (Å²) in [5.74, 6) is -0.0711. The summed E-state index contributed by atoms with van der Waals surface area (Å²) >= 11 is 0. The lowest BCUT2D eigenvalue weighted by molar-refractivity contribution is 0.0818. The molecule has 1 fully saturated rings. The minimum Gasteiger partial charge on any atom is -0.421 e. The first-order valence-corrected chi connectivity index (χ1v) is 11.7. The summed E-state index contributed by atoms with van der Waals surface area (Å²) in [6.07, 6.45) is 5.66. The highest BCUT2D eigenvalue weighted by Crippen LogP contribution is 2.33. The summed E-state index contributed by atoms with van der Waals surface area (Å²) in [7, 11) is 1.71. The number of H-pyrrole nitrogens is 2. The standard InChI is InChI=1S/C25H27F2N7O2/c1-4-5-15-11-21(33-32-15)29-20-13-22(34-8-6-16(35-3)7-9-34)31-25(30-20)36-19-12-18(26)24-17(23(19)27)10-14(2)28-24/h4-5,10-13,16,28H,6-9H2,1-3H3,(H2,29,30,31,32,33)/b5-4+. The number of rotatable bonds is 7. The van der Waals surface area contributed by atoms with E-state index in [-0.39, 0.29) is 28.8 Å². The number of aromatic nitrogens is 5. The second-order valence-corrected chi connectivity index (χ2v) is 8.66. The van der Waals surface area contributed by atoms with E-state index in [0.29, 0.717) is 23.1 Å². The molecular formula is C25H27F2N7O2. The number of halogens is 2. The molecule has 36 heavy (non-hydrogen) atoms. The van der Waals surface area contributed by atoms with Gasteiger partial charge in [-0.2, -0.15) is 15.1 Å². The number of aromatic amines is 2. The van der Waals surface area contributed by atoms with E-state index in [0.717, 1.165) is 37.7 Å². The topological polar surface area (TPSA) is 104 Å². The Bertz CT molecular complexity index is 1410. The van der Waals surface area contributed by atoms with Crippen LogP contribution in [-0.2, 0) is 4.74 Å². The maximum atomic E-state index is 15.2. The van der Waals surface area contributed by atoms with E-state index < -0.39 is 11.6 Å². The average molecular weight is 496 g/mol. The van der Waals surface area contributed by atoms with Gasteiger partial charge in [0.25, 0.3) is 0 Å². The third-order valence-electron chi connectivity index (χ3n) is 6.09. The van der Waals surface area contributed by atoms with Crippen LogP contribution >= 0.6 is 0 Å². The monoisotopic (exact) mass is 495 g/mol. The lowest BCUT2D eigenvalue weighted by atomic mass is 10.1. The predicted molar refractivity (Wildman–Crippen MR) is 134 cm³/mol. The van der Waals surface area contributed by atoms with E-state index in [1.165, 1.54) is 6.07 Å². The largest absolute Gasteiger partial charge is 0.421 e. The maximum absolute atomic E-state index is 15.2. The fraction of sp³-hybridized carbons (Fsp3) is 0.320. The van der Waals surface area contributed by atoms with Gasteiger partial charge in [-0.25, -0.2) is 8.78 Å². The molecule has 3 N–H and O–H groups in total. The van der Waals surface area contributed by atoms with E-state index in [9.17, 15) is 4.39 Å². The summed E-state index contributed by atoms with van der Waals surface area (Å²) in [6, 6.07) is 6.02. The maximum Gasteiger partial charge on any atom is 0.326 e. The first-order chi connectivity index (χ1) is 17.4. The summed E-state index contributed by atoms with van der Waals surface area (Å²) in [5, 5.41) is 10.4. The van der Waals surface area contributed by atoms with Crippen LogP contribution in [0.15, 0.2) is 30.3 Å². The van der Waals surface area contributed by atoms with Gasteiger partial charge in [0.05, 0.1) is 17.3 Å². The van der Waals surface area contributed by atoms with Crippen LogP contribution in [0, 0.1) is 18.6 Å². The molecule has 0 saturated carbocycles. The van der Waals surface area contributed by atoms with Gasteiger partial charge >= 0.3 is 6.01 Å². The lowest BCUT2D eigenvalue weighted by Gasteiger charge is -2.32. The molecule has 1 aliphatic rings. The first-order valence-electron chi connectivity index (χ1n) is 11.7. The van der Waals surface area contributed by atoms with Crippen LogP contribution < -0.4 is 15.0 Å². The Labute approximate surface area is 206 Å². The zero-order chi connectivity index (χ0) is 25.2. The summed E-state index contributed by atoms with van der Waals surface area (Å²) < 4.78 is 41.0. The molecule has 0 unspecified atom stereocenters. The van der Waals surface area contributed by atoms with Crippen LogP contribution in [0.25, 0.3) is 17.0 Å². The summed E-state index contributed by atoms with van der Waals surface area (Å²) in [5.41, 5.74) is 1.55. The highest BCUT2D eigenvalue weighted by atomic mass is 19.1. The van der Waals surface area contributed by atoms with Gasteiger partial charge in [0.2, 0.25) is 0 Å². The quantitative estimate of drug-likeness (QED) is 0.313. The van der Waals surface area contributed by atoms with Crippen molar-refractivity contribution in [1.82, 2.24) is 25.1 Å². The van der Waals surface area contributed by atoms with Crippen LogP contribution in [0.4, 0.5) is 26.2 Å². The smallest absolute Gasteiger partial charge is 0.326 e. The number of fused-ring (bicyclic) bond motifs is 1. The highest BCUT2D eigenvalue weighted by molar-refractivity contribution is 5.83. The van der Waals surface area contributed by atoms with Crippen molar-refractivity contribution in [2.24, 2.45) is 0 Å². The molecule has 0 spiro atoms. The molecule has 4 aromatic rings. The Morgan fingerprint density at radius 1 is 1.11 bits per heavy atom. The molecule has 0 aliphatic carbocycles. The van der Waals surface area contributed by atoms with Crippen molar-refractivity contribution in [3.63, 3.8) is 0 Å². The number of nitrogens with zero attached hydrogens (tertiary/aromatic N) is 4. The number of anilines is 3. The number of piperidine rings is 1. The number of nitrogens with one attached hydrogen (secondary N) is 3. The van der Waals surface area contributed by atoms with Crippen molar-refractivity contribution >= 4 is 34.4 Å². The number of hydrogen-bond acceptors (Lipinski definition) is 7. The van der Waals surface area contributed by atoms with Gasteiger partial charge in [-0.3, -0.25) is 5.10 Å². The van der Waals surface area contributed by atoms with Crippen molar-refractivity contribution < 1.29 is 18.3 Å². The normalized spacial score (nSPS) is 14.8. The molecule has 0 amide bonds. The van der Waals surface area contributed by atoms with Crippen LogP contribution in [0.1, 0.15) is 31.2 Å². The molecule has 0 atom stereocenters. The molecule has 0 bridgehead atoms. The first kappa shape index (κ1) is 23.7. The van der Waals surface area contributed by atoms with Crippen molar-refractivity contribution in [3.8, 4) is 11.8 Å². The van der Waals surface area contributed by atoms with Crippen LogP contribution in [0.2, 0.25) is 0 Å². The Morgan fingerprint density at radius 3 is 2.67 bits per heavy atom. The summed E-state index contributed by atoms with van der Waals surface area (Å²) in [4.78, 5) is 13.8. The number of methoxy groups -OCH3 is 1. The number of allylic oxidation sites excluding steroid dienone is 1. The zero-order valence-electron chi connectivity index (χ0n) is 20.2. The van der Waals surface area contributed by atoms with Crippen LogP contribution in [0.5, 0.6) is 11.8 Å². The molecule has 3 aromatic heterocycles. The molecule has 4 heterocycles. The average Bonchev–Trinajstić information content (AvgIpc) is 3.49. The van der Waals surface area contributed by atoms with Crippen LogP contribution in [0.3, 0.4) is 0 Å². The number of hydrogen-bond donors (Lipinski definition) is 3. The lowest BCUT2D eigenvalue weighted by Crippen LogP contribution is -2.37. The van der Waals surface area contributed by atoms with Gasteiger partial charge in [-0.15, -0.1) is 0 Å². The van der Waals surface area contributed by atoms with Gasteiger partial charge in [-0.1, -0.05) is 6.08 Å². The molecule has 0 radical (unpaired) electrons. The third kappa shape index (κ3) is 4.87. The molecule has 9 nitrogen and oxygen atoms in total. The van der Waals surface area contributed by atoms with Gasteiger partial charge in [0, 0.05) is 49.5 Å². The van der Waals surface area contributed by atoms with Gasteiger partial charge < -0.3 is 24.7 Å². The minimum atomic E-state index is -0.691. The van der Waals surface area contributed by atoms with E-state index in [1.807, 2.05) is 25.1 Å². The Morgan fingerprint density at radius 2 is 1.92 bits per heavy atom. The summed E-state index contributed by atoms with van der Waals surface area (Å²) in [6.45, 7) is 5.09. The second kappa shape index (κ2) is 9.94. The molecule has 1 saturated heterocycles. The minimum absolute atomic E-state index is 0.0888. The van der Waals surface area contributed by atoms with E-state index in [4.69, 9.17) is 9.47 Å². The zero-order valence-corrected chi connectivity index (χ0v) is 20.2. The molecule has 5 rings (SSSR count). The number of ether oxygens (including phenoxy) is 2. The highest BCUT2D eigenvalue weighted by Gasteiger charge is 2.23. The van der Waals surface area contributed by atoms with Gasteiger partial charge in [0.15, 0.2) is 23.2 Å². The third-order valence-corrected chi connectivity index (χ3v) is 6.09. The van der Waals surface area contributed by atoms with Crippen molar-refractivity contribution in [2.45, 2.75) is 32.8 Å². The van der Waals surface area contributed by atoms with Gasteiger partial charge in [-0.05, 0) is 38.8 Å². The Kier molecular flexibility index (Phi) is 6.55. The molecule has 188 valence electrons. The van der Waals surface area contributed by atoms with Crippen LogP contribution in [-0.4, -0.2) is 51.5 Å². The SMILES string of the molecule is C/C=C/c1cc(Nc2cc(N3CCC(OC)CC3)nc(Oc3cc(F)c4[nH]c(C)cc4c3F)n2)n[nH]1. The second-order valence-electron chi connectivity index (χ2n) is 8.66. The van der Waals surface area contributed by atoms with E-state index >= 15 is 4.39 Å². The molecule has 1 aromatic carbocycles. The number of benzene rings is 1. The Hall–Kier alpha value is -3.99. The Balaban J connectivity index is 1.49. The fourth-order valence-corrected chi connectivity index (χ4v) is 4.31.